The van der Waals surface area contributed by atoms with Crippen LogP contribution in [0.4, 0.5) is 4.79 Å². The number of nitrogens with zero attached hydrogens (tertiary/aromatic N) is 5. The number of hydrogen-bond donors (Lipinski definition) is 0. The summed E-state index contributed by atoms with van der Waals surface area (Å²) in [7, 11) is 0. The number of aromatic nitrogens is 4. The Morgan fingerprint density at radius 2 is 1.98 bits per heavy atom. The molecule has 1 saturated heterocycles. The van der Waals surface area contributed by atoms with Gasteiger partial charge in [0.1, 0.15) is 11.2 Å². The van der Waals surface area contributed by atoms with E-state index in [2.05, 4.69) is 15.0 Å². The van der Waals surface area contributed by atoms with E-state index in [1.54, 1.807) is 21.7 Å². The lowest BCUT2D eigenvalue weighted by molar-refractivity contribution is -0.0472. The van der Waals surface area contributed by atoms with Crippen LogP contribution in [-0.4, -0.2) is 68.2 Å². The summed E-state index contributed by atoms with van der Waals surface area (Å²) in [5.74, 6) is 0. The number of thioether (sulfide) groups is 1. The Balaban J connectivity index is 1.54. The molecule has 214 valence electrons. The third-order valence-electron chi connectivity index (χ3n) is 6.61. The molecule has 0 unspecified atom stereocenters. The first-order valence-corrected chi connectivity index (χ1v) is 14.9. The van der Waals surface area contributed by atoms with Crippen LogP contribution < -0.4 is 5.56 Å². The van der Waals surface area contributed by atoms with Gasteiger partial charge in [-0.15, -0.1) is 0 Å². The van der Waals surface area contributed by atoms with Gasteiger partial charge in [0.15, 0.2) is 5.16 Å². The zero-order valence-electron chi connectivity index (χ0n) is 23.7. The SMILES string of the molecule is CSc1ncc2cc(-c3ccc(-c4cccc(C)n4)cc3Cl)c(=O)n(C[C@H]3CN(C(=O)OC(C)(C)C)CCO3)c2n1. The molecule has 0 spiro atoms. The van der Waals surface area contributed by atoms with Gasteiger partial charge < -0.3 is 14.4 Å². The smallest absolute Gasteiger partial charge is 0.410 e. The van der Waals surface area contributed by atoms with Gasteiger partial charge in [0.05, 0.1) is 31.5 Å². The van der Waals surface area contributed by atoms with Gasteiger partial charge in [0, 0.05) is 45.5 Å². The molecule has 9 nitrogen and oxygen atoms in total. The number of carbonyl (C=O) groups excluding carboxylic acids is 1. The second-order valence-corrected chi connectivity index (χ2v) is 12.1. The standard InChI is InChI=1S/C30H32ClN5O4S/c1-18-7-6-8-25(33-18)19-9-10-22(24(31)14-19)23-13-20-15-32-28(41-5)34-26(20)36(27(23)37)17-21-16-35(11-12-39-21)29(38)40-30(2,3)4/h6-10,13-15,21H,11-12,16-17H2,1-5H3/t21-/m1/s1. The van der Waals surface area contributed by atoms with Crippen LogP contribution >= 0.6 is 23.4 Å². The van der Waals surface area contributed by atoms with Crippen LogP contribution in [-0.2, 0) is 16.0 Å². The lowest BCUT2D eigenvalue weighted by atomic mass is 10.0. The number of pyridine rings is 2. The maximum Gasteiger partial charge on any atom is 0.410 e. The monoisotopic (exact) mass is 593 g/mol. The molecule has 1 aliphatic heterocycles. The molecule has 0 saturated carbocycles. The van der Waals surface area contributed by atoms with E-state index in [-0.39, 0.29) is 18.6 Å². The predicted octanol–water partition coefficient (Wildman–Crippen LogP) is 5.84. The minimum atomic E-state index is -0.609. The minimum absolute atomic E-state index is 0.191. The molecule has 0 N–H and O–H groups in total. The molecular formula is C30H32ClN5O4S. The Morgan fingerprint density at radius 1 is 1.17 bits per heavy atom. The summed E-state index contributed by atoms with van der Waals surface area (Å²) in [4.78, 5) is 42.1. The number of morpholine rings is 1. The quantitative estimate of drug-likeness (QED) is 0.210. The predicted molar refractivity (Wildman–Crippen MR) is 162 cm³/mol. The second kappa shape index (κ2) is 11.8. The third kappa shape index (κ3) is 6.55. The molecule has 3 aromatic heterocycles. The van der Waals surface area contributed by atoms with Crippen LogP contribution in [0.25, 0.3) is 33.4 Å². The Bertz CT molecular complexity index is 1670. The average Bonchev–Trinajstić information content (AvgIpc) is 2.93. The summed E-state index contributed by atoms with van der Waals surface area (Å²) in [6, 6.07) is 13.2. The fraction of sp³-hybridized carbons (Fsp3) is 0.367. The topological polar surface area (TPSA) is 99.4 Å². The molecular weight excluding hydrogens is 562 g/mol. The molecule has 4 heterocycles. The molecule has 4 aromatic rings. The van der Waals surface area contributed by atoms with Crippen LogP contribution in [0.5, 0.6) is 0 Å². The Labute approximate surface area is 247 Å². The highest BCUT2D eigenvalue weighted by molar-refractivity contribution is 7.98. The fourth-order valence-electron chi connectivity index (χ4n) is 4.73. The maximum atomic E-state index is 14.1. The zero-order chi connectivity index (χ0) is 29.3. The highest BCUT2D eigenvalue weighted by Gasteiger charge is 2.29. The van der Waals surface area contributed by atoms with Gasteiger partial charge >= 0.3 is 6.09 Å². The first-order valence-electron chi connectivity index (χ1n) is 13.3. The van der Waals surface area contributed by atoms with Crippen LogP contribution in [0.3, 0.4) is 0 Å². The van der Waals surface area contributed by atoms with Crippen molar-refractivity contribution in [1.29, 1.82) is 0 Å². The molecule has 41 heavy (non-hydrogen) atoms. The molecule has 1 atom stereocenters. The van der Waals surface area contributed by atoms with E-state index in [1.807, 2.05) is 70.3 Å². The van der Waals surface area contributed by atoms with E-state index >= 15 is 0 Å². The molecule has 5 rings (SSSR count). The van der Waals surface area contributed by atoms with Crippen molar-refractivity contribution in [2.24, 2.45) is 0 Å². The Hall–Kier alpha value is -3.47. The number of hydrogen-bond acceptors (Lipinski definition) is 8. The number of ether oxygens (including phenoxy) is 2. The lowest BCUT2D eigenvalue weighted by Gasteiger charge is -2.34. The van der Waals surface area contributed by atoms with Crippen molar-refractivity contribution in [1.82, 2.24) is 24.4 Å². The Kier molecular flexibility index (Phi) is 8.35. The molecule has 0 bridgehead atoms. The molecule has 11 heteroatoms. The molecule has 1 fully saturated rings. The normalized spacial score (nSPS) is 15.8. The summed E-state index contributed by atoms with van der Waals surface area (Å²) in [5, 5.41) is 1.67. The van der Waals surface area contributed by atoms with Gasteiger partial charge in [0.2, 0.25) is 0 Å². The molecule has 0 aliphatic carbocycles. The van der Waals surface area contributed by atoms with Crippen molar-refractivity contribution in [2.75, 3.05) is 26.0 Å². The highest BCUT2D eigenvalue weighted by atomic mass is 35.5. The van der Waals surface area contributed by atoms with E-state index in [4.69, 9.17) is 21.1 Å². The molecule has 1 aromatic carbocycles. The summed E-state index contributed by atoms with van der Waals surface area (Å²) < 4.78 is 13.2. The van der Waals surface area contributed by atoms with Gasteiger partial charge in [0.25, 0.3) is 5.56 Å². The average molecular weight is 594 g/mol. The number of aryl methyl sites for hydroxylation is 1. The Morgan fingerprint density at radius 3 is 2.68 bits per heavy atom. The van der Waals surface area contributed by atoms with E-state index in [1.165, 1.54) is 11.8 Å². The summed E-state index contributed by atoms with van der Waals surface area (Å²) in [6.45, 7) is 8.65. The summed E-state index contributed by atoms with van der Waals surface area (Å²) in [5.41, 5.74) is 3.20. The van der Waals surface area contributed by atoms with Crippen molar-refractivity contribution < 1.29 is 14.3 Å². The van der Waals surface area contributed by atoms with Crippen molar-refractivity contribution >= 4 is 40.5 Å². The van der Waals surface area contributed by atoms with Crippen molar-refractivity contribution in [3.8, 4) is 22.4 Å². The van der Waals surface area contributed by atoms with E-state index < -0.39 is 17.8 Å². The van der Waals surface area contributed by atoms with E-state index in [9.17, 15) is 9.59 Å². The van der Waals surface area contributed by atoms with Crippen molar-refractivity contribution in [2.45, 2.75) is 51.1 Å². The zero-order valence-corrected chi connectivity index (χ0v) is 25.3. The van der Waals surface area contributed by atoms with Crippen LogP contribution in [0.2, 0.25) is 5.02 Å². The van der Waals surface area contributed by atoms with Crippen LogP contribution in [0.15, 0.2) is 58.6 Å². The third-order valence-corrected chi connectivity index (χ3v) is 7.48. The first kappa shape index (κ1) is 29.0. The van der Waals surface area contributed by atoms with E-state index in [0.29, 0.717) is 45.5 Å². The van der Waals surface area contributed by atoms with E-state index in [0.717, 1.165) is 17.0 Å². The fourth-order valence-corrected chi connectivity index (χ4v) is 5.34. The van der Waals surface area contributed by atoms with Gasteiger partial charge in [-0.1, -0.05) is 41.6 Å². The molecule has 0 radical (unpaired) electrons. The minimum Gasteiger partial charge on any atom is -0.444 e. The lowest BCUT2D eigenvalue weighted by Crippen LogP contribution is -2.49. The molecule has 1 amide bonds. The van der Waals surface area contributed by atoms with Crippen molar-refractivity contribution in [3.63, 3.8) is 0 Å². The second-order valence-electron chi connectivity index (χ2n) is 10.9. The number of carbonyl (C=O) groups is 1. The molecule has 1 aliphatic rings. The maximum absolute atomic E-state index is 14.1. The summed E-state index contributed by atoms with van der Waals surface area (Å²) >= 11 is 8.17. The van der Waals surface area contributed by atoms with Crippen molar-refractivity contribution in [3.05, 3.63) is 69.7 Å². The van der Waals surface area contributed by atoms with Gasteiger partial charge in [-0.25, -0.2) is 14.8 Å². The van der Waals surface area contributed by atoms with Crippen LogP contribution in [0, 0.1) is 6.92 Å². The first-order chi connectivity index (χ1) is 19.5. The highest BCUT2D eigenvalue weighted by Crippen LogP contribution is 2.32. The van der Waals surface area contributed by atoms with Gasteiger partial charge in [-0.2, -0.15) is 0 Å². The largest absolute Gasteiger partial charge is 0.444 e. The number of rotatable bonds is 5. The number of amides is 1. The number of benzene rings is 1. The van der Waals surface area contributed by atoms with Gasteiger partial charge in [-0.05, 0) is 58.2 Å². The number of halogens is 1. The van der Waals surface area contributed by atoms with Crippen LogP contribution in [0.1, 0.15) is 26.5 Å². The number of fused-ring (bicyclic) bond motifs is 1. The summed E-state index contributed by atoms with van der Waals surface area (Å²) in [6.07, 6.45) is 2.75. The van der Waals surface area contributed by atoms with Gasteiger partial charge in [-0.3, -0.25) is 14.3 Å².